The average Bonchev–Trinajstić information content (AvgIpc) is 2.63. The largest absolute Gasteiger partial charge is 0.357 e. The van der Waals surface area contributed by atoms with Gasteiger partial charge >= 0.3 is 0 Å². The molecule has 1 aliphatic heterocycles. The van der Waals surface area contributed by atoms with Crippen molar-refractivity contribution in [3.05, 3.63) is 23.9 Å². The number of nitrogens with one attached hydrogen (secondary N) is 1. The van der Waals surface area contributed by atoms with E-state index in [0.717, 1.165) is 37.0 Å². The van der Waals surface area contributed by atoms with Gasteiger partial charge in [0.15, 0.2) is 15.8 Å². The smallest absolute Gasteiger partial charge is 0.194 e. The Hall–Kier alpha value is -1.83. The average molecular weight is 396 g/mol. The third-order valence-electron chi connectivity index (χ3n) is 4.99. The van der Waals surface area contributed by atoms with Crippen molar-refractivity contribution < 1.29 is 8.42 Å². The van der Waals surface area contributed by atoms with Crippen LogP contribution in [0.3, 0.4) is 0 Å². The third kappa shape index (κ3) is 5.12. The second-order valence-electron chi connectivity index (χ2n) is 7.37. The number of guanidine groups is 1. The van der Waals surface area contributed by atoms with E-state index in [1.54, 1.807) is 13.8 Å². The maximum absolute atomic E-state index is 12.2. The van der Waals surface area contributed by atoms with Gasteiger partial charge in [-0.05, 0) is 46.2 Å². The number of sulfone groups is 1. The molecule has 0 aromatic carbocycles. The van der Waals surface area contributed by atoms with Crippen LogP contribution in [0.5, 0.6) is 0 Å². The maximum atomic E-state index is 12.2. The van der Waals surface area contributed by atoms with E-state index in [0.29, 0.717) is 19.6 Å². The second kappa shape index (κ2) is 8.91. The molecule has 152 valence electrons. The predicted molar refractivity (Wildman–Crippen MR) is 112 cm³/mol. The number of anilines is 1. The van der Waals surface area contributed by atoms with Crippen LogP contribution in [-0.2, 0) is 16.4 Å². The molecule has 0 bridgehead atoms. The number of nitrogens with zero attached hydrogens (tertiary/aromatic N) is 4. The van der Waals surface area contributed by atoms with Crippen LogP contribution in [0, 0.1) is 0 Å². The van der Waals surface area contributed by atoms with Crippen molar-refractivity contribution in [2.24, 2.45) is 4.99 Å². The highest BCUT2D eigenvalue weighted by Gasteiger charge is 2.40. The molecule has 0 spiro atoms. The molecule has 0 saturated carbocycles. The first-order valence-electron chi connectivity index (χ1n) is 9.69. The third-order valence-corrected chi connectivity index (χ3v) is 7.52. The summed E-state index contributed by atoms with van der Waals surface area (Å²) in [6, 6.07) is 4.08. The van der Waals surface area contributed by atoms with Crippen LogP contribution in [0.2, 0.25) is 0 Å². The van der Waals surface area contributed by atoms with Gasteiger partial charge in [-0.2, -0.15) is 0 Å². The number of pyridine rings is 1. The number of aliphatic imine (C=N–C) groups is 1. The lowest BCUT2D eigenvalue weighted by atomic mass is 10.2. The van der Waals surface area contributed by atoms with Gasteiger partial charge in [0.2, 0.25) is 0 Å². The van der Waals surface area contributed by atoms with Crippen LogP contribution < -0.4 is 10.2 Å². The summed E-state index contributed by atoms with van der Waals surface area (Å²) in [5, 5.41) is 3.29. The van der Waals surface area contributed by atoms with Gasteiger partial charge in [-0.25, -0.2) is 18.4 Å². The Morgan fingerprint density at radius 2 is 2.00 bits per heavy atom. The maximum Gasteiger partial charge on any atom is 0.194 e. The normalized spacial score (nSPS) is 19.0. The monoisotopic (exact) mass is 395 g/mol. The first-order chi connectivity index (χ1) is 12.7. The lowest BCUT2D eigenvalue weighted by Gasteiger charge is -2.39. The highest BCUT2D eigenvalue weighted by molar-refractivity contribution is 7.92. The fourth-order valence-corrected chi connectivity index (χ4v) is 4.53. The lowest BCUT2D eigenvalue weighted by molar-refractivity contribution is 0.353. The first kappa shape index (κ1) is 21.5. The summed E-state index contributed by atoms with van der Waals surface area (Å²) in [4.78, 5) is 13.5. The molecule has 0 amide bonds. The molecule has 1 aromatic rings. The summed E-state index contributed by atoms with van der Waals surface area (Å²) in [6.07, 6.45) is 1.87. The predicted octanol–water partition coefficient (Wildman–Crippen LogP) is 1.90. The molecule has 0 radical (unpaired) electrons. The molecule has 27 heavy (non-hydrogen) atoms. The Kier molecular flexibility index (Phi) is 7.08. The Labute approximate surface area is 163 Å². The molecule has 0 unspecified atom stereocenters. The van der Waals surface area contributed by atoms with Crippen molar-refractivity contribution in [1.29, 1.82) is 0 Å². The zero-order chi connectivity index (χ0) is 20.1. The highest BCUT2D eigenvalue weighted by atomic mass is 32.2. The minimum absolute atomic E-state index is 0.157. The van der Waals surface area contributed by atoms with Crippen LogP contribution in [0.15, 0.2) is 23.3 Å². The quantitative estimate of drug-likeness (QED) is 0.586. The SMILES string of the molecule is CCNC(=NCc1ccc(N(CC)CC)nc1)N1CCS(=O)(=O)C(C)(C)C1. The summed E-state index contributed by atoms with van der Waals surface area (Å²) in [7, 11) is -3.07. The van der Waals surface area contributed by atoms with Crippen LogP contribution in [0.4, 0.5) is 5.82 Å². The van der Waals surface area contributed by atoms with Crippen molar-refractivity contribution in [3.8, 4) is 0 Å². The fraction of sp³-hybridized carbons (Fsp3) is 0.684. The van der Waals surface area contributed by atoms with Gasteiger partial charge in [0, 0.05) is 38.9 Å². The lowest BCUT2D eigenvalue weighted by Crippen LogP contribution is -2.57. The summed E-state index contributed by atoms with van der Waals surface area (Å²) in [5.74, 6) is 1.89. The van der Waals surface area contributed by atoms with Crippen LogP contribution >= 0.6 is 0 Å². The van der Waals surface area contributed by atoms with E-state index in [1.165, 1.54) is 0 Å². The molecule has 1 aromatic heterocycles. The van der Waals surface area contributed by atoms with Crippen LogP contribution in [-0.4, -0.2) is 67.5 Å². The summed E-state index contributed by atoms with van der Waals surface area (Å²) in [6.45, 7) is 13.8. The van der Waals surface area contributed by atoms with Crippen molar-refractivity contribution >= 4 is 21.6 Å². The molecule has 0 aliphatic carbocycles. The molecule has 2 heterocycles. The van der Waals surface area contributed by atoms with Gasteiger partial charge < -0.3 is 15.1 Å². The number of hydrogen-bond acceptors (Lipinski definition) is 5. The summed E-state index contributed by atoms with van der Waals surface area (Å²) in [5.41, 5.74) is 1.03. The van der Waals surface area contributed by atoms with Crippen molar-refractivity contribution in [2.45, 2.75) is 45.9 Å². The Morgan fingerprint density at radius 3 is 2.52 bits per heavy atom. The van der Waals surface area contributed by atoms with Gasteiger partial charge in [0.1, 0.15) is 5.82 Å². The van der Waals surface area contributed by atoms with E-state index in [-0.39, 0.29) is 5.75 Å². The Balaban J connectivity index is 2.12. The van der Waals surface area contributed by atoms with E-state index in [4.69, 9.17) is 4.99 Å². The Bertz CT molecular complexity index is 740. The zero-order valence-corrected chi connectivity index (χ0v) is 18.0. The van der Waals surface area contributed by atoms with Crippen LogP contribution in [0.1, 0.15) is 40.2 Å². The van der Waals surface area contributed by atoms with Crippen molar-refractivity contribution in [1.82, 2.24) is 15.2 Å². The van der Waals surface area contributed by atoms with Gasteiger partial charge in [-0.15, -0.1) is 0 Å². The van der Waals surface area contributed by atoms with Crippen molar-refractivity contribution in [3.63, 3.8) is 0 Å². The number of aromatic nitrogens is 1. The first-order valence-corrected chi connectivity index (χ1v) is 11.3. The molecule has 1 N–H and O–H groups in total. The molecule has 7 nitrogen and oxygen atoms in total. The molecule has 1 aliphatic rings. The molecular formula is C19H33N5O2S. The zero-order valence-electron chi connectivity index (χ0n) is 17.2. The van der Waals surface area contributed by atoms with E-state index in [1.807, 2.05) is 24.1 Å². The standard InChI is InChI=1S/C19H33N5O2S/c1-6-20-18(24-11-12-27(25,26)19(4,5)15-24)22-14-16-9-10-17(21-13-16)23(7-2)8-3/h9-10,13H,6-8,11-12,14-15H2,1-5H3,(H,20,22). The van der Waals surface area contributed by atoms with Gasteiger partial charge in [0.05, 0.1) is 17.0 Å². The van der Waals surface area contributed by atoms with Gasteiger partial charge in [-0.1, -0.05) is 6.07 Å². The van der Waals surface area contributed by atoms with E-state index in [9.17, 15) is 8.42 Å². The van der Waals surface area contributed by atoms with E-state index in [2.05, 4.69) is 35.1 Å². The topological polar surface area (TPSA) is 77.9 Å². The van der Waals surface area contributed by atoms with Gasteiger partial charge in [-0.3, -0.25) is 0 Å². The highest BCUT2D eigenvalue weighted by Crippen LogP contribution is 2.23. The molecule has 2 rings (SSSR count). The Morgan fingerprint density at radius 1 is 1.30 bits per heavy atom. The second-order valence-corrected chi connectivity index (χ2v) is 10.1. The van der Waals surface area contributed by atoms with E-state index >= 15 is 0 Å². The summed E-state index contributed by atoms with van der Waals surface area (Å²) < 4.78 is 23.7. The van der Waals surface area contributed by atoms with Gasteiger partial charge in [0.25, 0.3) is 0 Å². The molecular weight excluding hydrogens is 362 g/mol. The molecule has 0 atom stereocenters. The van der Waals surface area contributed by atoms with E-state index < -0.39 is 14.6 Å². The molecule has 8 heteroatoms. The molecule has 1 fully saturated rings. The number of rotatable bonds is 6. The van der Waals surface area contributed by atoms with Crippen LogP contribution in [0.25, 0.3) is 0 Å². The fourth-order valence-electron chi connectivity index (χ4n) is 3.16. The minimum atomic E-state index is -3.07. The molecule has 1 saturated heterocycles. The minimum Gasteiger partial charge on any atom is -0.357 e. The van der Waals surface area contributed by atoms with Crippen molar-refractivity contribution in [2.75, 3.05) is 43.4 Å². The number of hydrogen-bond donors (Lipinski definition) is 1. The summed E-state index contributed by atoms with van der Waals surface area (Å²) >= 11 is 0.